The van der Waals surface area contributed by atoms with Gasteiger partial charge in [0.2, 0.25) is 5.91 Å². The molecular weight excluding hydrogens is 333 g/mol. The predicted molar refractivity (Wildman–Crippen MR) is 94.6 cm³/mol. The first kappa shape index (κ1) is 17.1. The van der Waals surface area contributed by atoms with Gasteiger partial charge in [-0.05, 0) is 37.8 Å². The van der Waals surface area contributed by atoms with Crippen LogP contribution in [0.2, 0.25) is 0 Å². The van der Waals surface area contributed by atoms with Gasteiger partial charge in [0.15, 0.2) is 0 Å². The number of carbonyl (C=O) groups is 1. The Morgan fingerprint density at radius 3 is 2.77 bits per heavy atom. The molecule has 1 unspecified atom stereocenters. The maximum absolute atomic E-state index is 13.5. The SMILES string of the molecule is CC(N[C@@H]1CCC(=O)N(C2CC2)[C@H]1c1nccn1C)c1cncc(F)c1. The van der Waals surface area contributed by atoms with E-state index < -0.39 is 0 Å². The van der Waals surface area contributed by atoms with Crippen molar-refractivity contribution in [1.29, 1.82) is 0 Å². The van der Waals surface area contributed by atoms with Crippen LogP contribution in [0, 0.1) is 5.82 Å². The molecule has 6 nitrogen and oxygen atoms in total. The summed E-state index contributed by atoms with van der Waals surface area (Å²) in [6.45, 7) is 2.00. The maximum atomic E-state index is 13.5. The highest BCUT2D eigenvalue weighted by Crippen LogP contribution is 2.40. The van der Waals surface area contributed by atoms with Crippen molar-refractivity contribution in [1.82, 2.24) is 24.8 Å². The van der Waals surface area contributed by atoms with Gasteiger partial charge in [-0.3, -0.25) is 9.78 Å². The minimum atomic E-state index is -0.338. The predicted octanol–water partition coefficient (Wildman–Crippen LogP) is 2.50. The van der Waals surface area contributed by atoms with E-state index in [4.69, 9.17) is 0 Å². The van der Waals surface area contributed by atoms with Crippen molar-refractivity contribution in [2.75, 3.05) is 0 Å². The average Bonchev–Trinajstić information content (AvgIpc) is 3.37. The van der Waals surface area contributed by atoms with Crippen molar-refractivity contribution in [3.05, 3.63) is 48.1 Å². The Kier molecular flexibility index (Phi) is 4.48. The lowest BCUT2D eigenvalue weighted by molar-refractivity contribution is -0.139. The minimum absolute atomic E-state index is 0.0627. The van der Waals surface area contributed by atoms with E-state index in [0.717, 1.165) is 30.7 Å². The van der Waals surface area contributed by atoms with Crippen molar-refractivity contribution in [3.63, 3.8) is 0 Å². The number of carbonyl (C=O) groups excluding carboxylic acids is 1. The molecule has 1 saturated heterocycles. The lowest BCUT2D eigenvalue weighted by atomic mass is 9.93. The molecule has 0 radical (unpaired) electrons. The van der Waals surface area contributed by atoms with Crippen molar-refractivity contribution in [2.24, 2.45) is 7.05 Å². The molecule has 3 heterocycles. The summed E-state index contributed by atoms with van der Waals surface area (Å²) in [4.78, 5) is 23.2. The third-order valence-electron chi connectivity index (χ3n) is 5.39. The third kappa shape index (κ3) is 3.23. The molecule has 1 aliphatic carbocycles. The number of hydrogen-bond acceptors (Lipinski definition) is 4. The highest BCUT2D eigenvalue weighted by atomic mass is 19.1. The van der Waals surface area contributed by atoms with Gasteiger partial charge in [-0.2, -0.15) is 0 Å². The first-order valence-electron chi connectivity index (χ1n) is 9.19. The number of halogens is 1. The third-order valence-corrected chi connectivity index (χ3v) is 5.39. The van der Waals surface area contributed by atoms with Crippen LogP contribution in [0.1, 0.15) is 56.1 Å². The Bertz CT molecular complexity index is 803. The van der Waals surface area contributed by atoms with E-state index in [-0.39, 0.29) is 29.8 Å². The number of aryl methyl sites for hydroxylation is 1. The molecule has 7 heteroatoms. The Labute approximate surface area is 152 Å². The van der Waals surface area contributed by atoms with Gasteiger partial charge in [-0.15, -0.1) is 0 Å². The monoisotopic (exact) mass is 357 g/mol. The van der Waals surface area contributed by atoms with Crippen LogP contribution in [-0.2, 0) is 11.8 Å². The summed E-state index contributed by atoms with van der Waals surface area (Å²) < 4.78 is 15.5. The van der Waals surface area contributed by atoms with E-state index in [1.807, 2.05) is 29.6 Å². The minimum Gasteiger partial charge on any atom is -0.336 e. The second-order valence-electron chi connectivity index (χ2n) is 7.34. The summed E-state index contributed by atoms with van der Waals surface area (Å²) in [5.41, 5.74) is 0.804. The zero-order chi connectivity index (χ0) is 18.3. The second-order valence-corrected chi connectivity index (χ2v) is 7.34. The number of likely N-dealkylation sites (tertiary alicyclic amines) is 1. The molecule has 138 valence electrons. The van der Waals surface area contributed by atoms with Crippen LogP contribution in [0.25, 0.3) is 0 Å². The lowest BCUT2D eigenvalue weighted by Crippen LogP contribution is -2.52. The number of piperidine rings is 1. The zero-order valence-corrected chi connectivity index (χ0v) is 15.1. The van der Waals surface area contributed by atoms with Gasteiger partial charge in [0.25, 0.3) is 0 Å². The smallest absolute Gasteiger partial charge is 0.223 e. The van der Waals surface area contributed by atoms with Crippen molar-refractivity contribution in [3.8, 4) is 0 Å². The average molecular weight is 357 g/mol. The zero-order valence-electron chi connectivity index (χ0n) is 15.1. The molecule has 3 atom stereocenters. The van der Waals surface area contributed by atoms with Crippen LogP contribution in [-0.4, -0.2) is 37.4 Å². The highest BCUT2D eigenvalue weighted by Gasteiger charge is 2.45. The quantitative estimate of drug-likeness (QED) is 0.893. The lowest BCUT2D eigenvalue weighted by Gasteiger charge is -2.42. The molecule has 1 aliphatic heterocycles. The van der Waals surface area contributed by atoms with E-state index in [9.17, 15) is 9.18 Å². The van der Waals surface area contributed by atoms with Crippen LogP contribution >= 0.6 is 0 Å². The largest absolute Gasteiger partial charge is 0.336 e. The summed E-state index contributed by atoms with van der Waals surface area (Å²) in [5.74, 6) is 0.765. The second kappa shape index (κ2) is 6.79. The summed E-state index contributed by atoms with van der Waals surface area (Å²) in [7, 11) is 1.96. The van der Waals surface area contributed by atoms with E-state index in [2.05, 4.69) is 15.3 Å². The van der Waals surface area contributed by atoms with Crippen LogP contribution in [0.5, 0.6) is 0 Å². The summed E-state index contributed by atoms with van der Waals surface area (Å²) >= 11 is 0. The van der Waals surface area contributed by atoms with E-state index in [1.54, 1.807) is 12.4 Å². The number of amides is 1. The number of nitrogens with one attached hydrogen (secondary N) is 1. The molecule has 1 amide bonds. The molecule has 0 spiro atoms. The van der Waals surface area contributed by atoms with Gasteiger partial charge in [0.05, 0.1) is 6.20 Å². The Balaban J connectivity index is 1.62. The normalized spacial score (nSPS) is 24.7. The number of nitrogens with zero attached hydrogens (tertiary/aromatic N) is 4. The molecular formula is C19H24FN5O. The highest BCUT2D eigenvalue weighted by molar-refractivity contribution is 5.78. The van der Waals surface area contributed by atoms with Gasteiger partial charge < -0.3 is 14.8 Å². The van der Waals surface area contributed by atoms with Crippen molar-refractivity contribution < 1.29 is 9.18 Å². The summed E-state index contributed by atoms with van der Waals surface area (Å²) in [5, 5.41) is 3.61. The molecule has 0 aromatic carbocycles. The fraction of sp³-hybridized carbons (Fsp3) is 0.526. The molecule has 0 bridgehead atoms. The molecule has 1 saturated carbocycles. The first-order chi connectivity index (χ1) is 12.5. The summed E-state index contributed by atoms with van der Waals surface area (Å²) in [6.07, 6.45) is 9.97. The standard InChI is InChI=1S/C19H24FN5O/c1-12(13-9-14(20)11-21-10-13)23-16-5-6-17(26)25(15-3-4-15)18(16)19-22-7-8-24(19)2/h7-12,15-16,18,23H,3-6H2,1-2H3/t12?,16-,18-/m1/s1. The number of imidazole rings is 1. The van der Waals surface area contributed by atoms with Gasteiger partial charge >= 0.3 is 0 Å². The number of aromatic nitrogens is 3. The number of pyridine rings is 1. The Hall–Kier alpha value is -2.28. The number of rotatable bonds is 5. The molecule has 2 fully saturated rings. The molecule has 26 heavy (non-hydrogen) atoms. The maximum Gasteiger partial charge on any atom is 0.223 e. The van der Waals surface area contributed by atoms with E-state index in [1.165, 1.54) is 12.3 Å². The van der Waals surface area contributed by atoms with Crippen LogP contribution < -0.4 is 5.32 Å². The van der Waals surface area contributed by atoms with Gasteiger partial charge in [-0.25, -0.2) is 9.37 Å². The van der Waals surface area contributed by atoms with E-state index in [0.29, 0.717) is 12.5 Å². The van der Waals surface area contributed by atoms with Crippen molar-refractivity contribution in [2.45, 2.75) is 56.8 Å². The summed E-state index contributed by atoms with van der Waals surface area (Å²) in [6, 6.07) is 1.72. The first-order valence-corrected chi connectivity index (χ1v) is 9.19. The topological polar surface area (TPSA) is 63.1 Å². The van der Waals surface area contributed by atoms with Crippen LogP contribution in [0.4, 0.5) is 4.39 Å². The fourth-order valence-corrected chi connectivity index (χ4v) is 3.92. The van der Waals surface area contributed by atoms with Gasteiger partial charge in [0.1, 0.15) is 17.7 Å². The Morgan fingerprint density at radius 1 is 1.31 bits per heavy atom. The van der Waals surface area contributed by atoms with Crippen LogP contribution in [0.3, 0.4) is 0 Å². The van der Waals surface area contributed by atoms with Gasteiger partial charge in [-0.1, -0.05) is 0 Å². The molecule has 4 rings (SSSR count). The molecule has 1 N–H and O–H groups in total. The fourth-order valence-electron chi connectivity index (χ4n) is 3.92. The van der Waals surface area contributed by atoms with Gasteiger partial charge in [0, 0.05) is 50.2 Å². The molecule has 2 aliphatic rings. The molecule has 2 aromatic heterocycles. The van der Waals surface area contributed by atoms with Crippen LogP contribution in [0.15, 0.2) is 30.9 Å². The van der Waals surface area contributed by atoms with E-state index >= 15 is 0 Å². The number of hydrogen-bond donors (Lipinski definition) is 1. The Morgan fingerprint density at radius 2 is 2.12 bits per heavy atom. The van der Waals surface area contributed by atoms with Crippen molar-refractivity contribution >= 4 is 5.91 Å². The molecule has 2 aromatic rings.